The van der Waals surface area contributed by atoms with Crippen LogP contribution in [0.4, 0.5) is 5.82 Å². The summed E-state index contributed by atoms with van der Waals surface area (Å²) in [5, 5.41) is 7.65. The fourth-order valence-electron chi connectivity index (χ4n) is 3.22. The number of nitrogens with zero attached hydrogens (tertiary/aromatic N) is 2. The van der Waals surface area contributed by atoms with Crippen LogP contribution in [0.2, 0.25) is 4.34 Å². The molecule has 0 aliphatic carbocycles. The normalized spacial score (nSPS) is 16.4. The Hall–Kier alpha value is -2.31. The molecule has 1 aromatic carbocycles. The molecule has 0 saturated heterocycles. The molecule has 1 unspecified atom stereocenters. The fourth-order valence-corrected chi connectivity index (χ4v) is 4.39. The van der Waals surface area contributed by atoms with Gasteiger partial charge >= 0.3 is 0 Å². The molecule has 25 heavy (non-hydrogen) atoms. The van der Waals surface area contributed by atoms with Gasteiger partial charge in [-0.3, -0.25) is 4.79 Å². The van der Waals surface area contributed by atoms with Gasteiger partial charge in [0.05, 0.1) is 22.8 Å². The van der Waals surface area contributed by atoms with Crippen molar-refractivity contribution in [3.63, 3.8) is 0 Å². The molecular weight excluding hydrogens is 358 g/mol. The van der Waals surface area contributed by atoms with Crippen LogP contribution < -0.4 is 10.1 Å². The number of nitrogens with one attached hydrogen (secondary N) is 1. The van der Waals surface area contributed by atoms with Gasteiger partial charge in [-0.15, -0.1) is 11.3 Å². The first-order valence-corrected chi connectivity index (χ1v) is 9.05. The number of aryl methyl sites for hydroxylation is 1. The number of aromatic nitrogens is 2. The van der Waals surface area contributed by atoms with Crippen LogP contribution in [-0.4, -0.2) is 22.8 Å². The molecule has 3 heterocycles. The third kappa shape index (κ3) is 2.81. The number of ether oxygens (including phenoxy) is 1. The minimum atomic E-state index is -0.0201. The molecule has 1 aliphatic heterocycles. The van der Waals surface area contributed by atoms with Gasteiger partial charge in [0.2, 0.25) is 5.91 Å². The fraction of sp³-hybridized carbons (Fsp3) is 0.222. The van der Waals surface area contributed by atoms with Crippen molar-refractivity contribution in [2.24, 2.45) is 0 Å². The molecular formula is C18H16ClN3O2S. The number of rotatable bonds is 3. The maximum absolute atomic E-state index is 12.3. The highest BCUT2D eigenvalue weighted by Gasteiger charge is 2.33. The summed E-state index contributed by atoms with van der Waals surface area (Å²) in [7, 11) is 1.63. The molecule has 1 aliphatic rings. The number of hydrogen-bond acceptors (Lipinski definition) is 4. The van der Waals surface area contributed by atoms with E-state index in [1.54, 1.807) is 11.8 Å². The number of anilines is 1. The third-order valence-electron chi connectivity index (χ3n) is 4.36. The lowest BCUT2D eigenvalue weighted by Crippen LogP contribution is -2.24. The first-order valence-electron chi connectivity index (χ1n) is 7.86. The summed E-state index contributed by atoms with van der Waals surface area (Å²) in [5.41, 5.74) is 2.82. The first-order chi connectivity index (χ1) is 12.1. The molecule has 4 rings (SSSR count). The smallest absolute Gasteiger partial charge is 0.226 e. The largest absolute Gasteiger partial charge is 0.497 e. The van der Waals surface area contributed by atoms with E-state index in [1.807, 2.05) is 43.3 Å². The molecule has 1 amide bonds. The van der Waals surface area contributed by atoms with Gasteiger partial charge in [-0.05, 0) is 43.3 Å². The summed E-state index contributed by atoms with van der Waals surface area (Å²) in [4.78, 5) is 13.4. The Bertz CT molecular complexity index is 946. The minimum absolute atomic E-state index is 0.0170. The van der Waals surface area contributed by atoms with E-state index >= 15 is 0 Å². The maximum atomic E-state index is 12.3. The molecule has 0 spiro atoms. The van der Waals surface area contributed by atoms with E-state index in [1.165, 1.54) is 11.3 Å². The second-order valence-corrected chi connectivity index (χ2v) is 7.65. The number of methoxy groups -OCH3 is 1. The molecule has 2 aromatic heterocycles. The summed E-state index contributed by atoms with van der Waals surface area (Å²) in [5.74, 6) is 1.47. The van der Waals surface area contributed by atoms with Crippen molar-refractivity contribution in [2.75, 3.05) is 12.4 Å². The molecule has 3 aromatic rings. The van der Waals surface area contributed by atoms with Crippen molar-refractivity contribution in [1.82, 2.24) is 9.78 Å². The highest BCUT2D eigenvalue weighted by Crippen LogP contribution is 2.43. The summed E-state index contributed by atoms with van der Waals surface area (Å²) >= 11 is 7.61. The van der Waals surface area contributed by atoms with Crippen molar-refractivity contribution < 1.29 is 9.53 Å². The van der Waals surface area contributed by atoms with Gasteiger partial charge in [-0.2, -0.15) is 5.10 Å². The van der Waals surface area contributed by atoms with Gasteiger partial charge < -0.3 is 10.1 Å². The van der Waals surface area contributed by atoms with Crippen LogP contribution in [0.15, 0.2) is 36.4 Å². The minimum Gasteiger partial charge on any atom is -0.497 e. The van der Waals surface area contributed by atoms with Crippen LogP contribution >= 0.6 is 22.9 Å². The van der Waals surface area contributed by atoms with E-state index in [0.717, 1.165) is 37.7 Å². The Kier molecular flexibility index (Phi) is 4.01. The number of fused-ring (bicyclic) bond motifs is 1. The van der Waals surface area contributed by atoms with Crippen molar-refractivity contribution in [3.05, 3.63) is 56.9 Å². The highest BCUT2D eigenvalue weighted by atomic mass is 35.5. The van der Waals surface area contributed by atoms with Gasteiger partial charge in [0, 0.05) is 22.8 Å². The number of hydrogen-bond donors (Lipinski definition) is 1. The summed E-state index contributed by atoms with van der Waals surface area (Å²) in [6.45, 7) is 1.97. The second kappa shape index (κ2) is 6.20. The predicted octanol–water partition coefficient (Wildman–Crippen LogP) is 4.38. The van der Waals surface area contributed by atoms with Crippen LogP contribution in [0.1, 0.15) is 28.5 Å². The molecule has 0 fully saturated rings. The molecule has 1 atom stereocenters. The monoisotopic (exact) mass is 373 g/mol. The molecule has 128 valence electrons. The molecule has 0 saturated carbocycles. The van der Waals surface area contributed by atoms with Crippen LogP contribution in [0.3, 0.4) is 0 Å². The van der Waals surface area contributed by atoms with Crippen molar-refractivity contribution in [1.29, 1.82) is 0 Å². The van der Waals surface area contributed by atoms with E-state index in [0.29, 0.717) is 6.42 Å². The number of carbonyl (C=O) groups excluding carboxylic acids is 1. The van der Waals surface area contributed by atoms with E-state index < -0.39 is 0 Å². The van der Waals surface area contributed by atoms with E-state index in [-0.39, 0.29) is 11.8 Å². The van der Waals surface area contributed by atoms with Crippen LogP contribution in [0.5, 0.6) is 5.75 Å². The van der Waals surface area contributed by atoms with E-state index in [4.69, 9.17) is 16.3 Å². The second-order valence-electron chi connectivity index (χ2n) is 5.90. The number of amides is 1. The summed E-state index contributed by atoms with van der Waals surface area (Å²) in [6.07, 6.45) is 0.402. The third-order valence-corrected chi connectivity index (χ3v) is 5.70. The Morgan fingerprint density at radius 2 is 2.04 bits per heavy atom. The topological polar surface area (TPSA) is 56.1 Å². The Morgan fingerprint density at radius 3 is 2.68 bits per heavy atom. The molecule has 0 bridgehead atoms. The summed E-state index contributed by atoms with van der Waals surface area (Å²) < 4.78 is 7.71. The standard InChI is InChI=1S/C18H16ClN3O2S/c1-10-17-13(14-7-8-15(19)25-14)9-16(23)20-18(17)22(21-10)11-3-5-12(24-2)6-4-11/h3-8,13H,9H2,1-2H3,(H,20,23). The van der Waals surface area contributed by atoms with Gasteiger partial charge in [-0.25, -0.2) is 4.68 Å². The number of carbonyl (C=O) groups is 1. The van der Waals surface area contributed by atoms with Crippen LogP contribution in [-0.2, 0) is 4.79 Å². The quantitative estimate of drug-likeness (QED) is 0.741. The Labute approximate surface area is 154 Å². The van der Waals surface area contributed by atoms with E-state index in [9.17, 15) is 4.79 Å². The molecule has 7 heteroatoms. The lowest BCUT2D eigenvalue weighted by molar-refractivity contribution is -0.116. The average Bonchev–Trinajstić information content (AvgIpc) is 3.18. The Morgan fingerprint density at radius 1 is 1.28 bits per heavy atom. The van der Waals surface area contributed by atoms with Crippen molar-refractivity contribution in [3.8, 4) is 11.4 Å². The Balaban J connectivity index is 1.83. The number of benzene rings is 1. The first kappa shape index (κ1) is 16.2. The lowest BCUT2D eigenvalue weighted by atomic mass is 9.91. The summed E-state index contributed by atoms with van der Waals surface area (Å²) in [6, 6.07) is 11.5. The molecule has 0 radical (unpaired) electrons. The van der Waals surface area contributed by atoms with Crippen molar-refractivity contribution in [2.45, 2.75) is 19.3 Å². The van der Waals surface area contributed by atoms with Crippen molar-refractivity contribution >= 4 is 34.7 Å². The van der Waals surface area contributed by atoms with Gasteiger partial charge in [0.25, 0.3) is 0 Å². The maximum Gasteiger partial charge on any atom is 0.226 e. The zero-order valence-electron chi connectivity index (χ0n) is 13.7. The predicted molar refractivity (Wildman–Crippen MR) is 99.3 cm³/mol. The SMILES string of the molecule is COc1ccc(-n2nc(C)c3c2NC(=O)CC3c2ccc(Cl)s2)cc1. The van der Waals surface area contributed by atoms with Crippen LogP contribution in [0.25, 0.3) is 5.69 Å². The molecule has 5 nitrogen and oxygen atoms in total. The molecule has 1 N–H and O–H groups in total. The average molecular weight is 374 g/mol. The van der Waals surface area contributed by atoms with Gasteiger partial charge in [0.15, 0.2) is 0 Å². The number of halogens is 1. The zero-order chi connectivity index (χ0) is 17.6. The van der Waals surface area contributed by atoms with Gasteiger partial charge in [0.1, 0.15) is 11.6 Å². The lowest BCUT2D eigenvalue weighted by Gasteiger charge is -2.23. The van der Waals surface area contributed by atoms with E-state index in [2.05, 4.69) is 10.4 Å². The highest BCUT2D eigenvalue weighted by molar-refractivity contribution is 7.16. The van der Waals surface area contributed by atoms with Gasteiger partial charge in [-0.1, -0.05) is 11.6 Å². The number of thiophene rings is 1. The zero-order valence-corrected chi connectivity index (χ0v) is 15.3. The van der Waals surface area contributed by atoms with Crippen LogP contribution in [0, 0.1) is 6.92 Å².